The highest BCUT2D eigenvalue weighted by molar-refractivity contribution is 5.92. The second-order valence-electron chi connectivity index (χ2n) is 6.02. The lowest BCUT2D eigenvalue weighted by molar-refractivity contribution is 0.484. The number of pyridine rings is 1. The van der Waals surface area contributed by atoms with Gasteiger partial charge in [0.25, 0.3) is 0 Å². The van der Waals surface area contributed by atoms with E-state index < -0.39 is 0 Å². The lowest BCUT2D eigenvalue weighted by Crippen LogP contribution is -2.10. The van der Waals surface area contributed by atoms with Crippen LogP contribution in [0.25, 0.3) is 22.2 Å². The molecule has 0 aliphatic heterocycles. The number of hydrogen-bond acceptors (Lipinski definition) is 2. The molecule has 0 amide bonds. The van der Waals surface area contributed by atoms with Crippen molar-refractivity contribution >= 4 is 11.0 Å². The maximum absolute atomic E-state index is 4.67. The van der Waals surface area contributed by atoms with Crippen molar-refractivity contribution < 1.29 is 0 Å². The average Bonchev–Trinajstić information content (AvgIpc) is 3.29. The molecule has 0 saturated carbocycles. The monoisotopic (exact) mass is 316 g/mol. The molecule has 4 nitrogen and oxygen atoms in total. The summed E-state index contributed by atoms with van der Waals surface area (Å²) in [6, 6.07) is 15.0. The zero-order chi connectivity index (χ0) is 16.4. The highest BCUT2D eigenvalue weighted by Gasteiger charge is 2.15. The topological polar surface area (TPSA) is 46.5 Å². The van der Waals surface area contributed by atoms with Crippen LogP contribution in [0.15, 0.2) is 67.3 Å². The van der Waals surface area contributed by atoms with Crippen molar-refractivity contribution in [2.75, 3.05) is 0 Å². The van der Waals surface area contributed by atoms with Crippen molar-refractivity contribution in [2.45, 2.75) is 25.8 Å². The molecule has 0 fully saturated rings. The zero-order valence-corrected chi connectivity index (χ0v) is 13.7. The van der Waals surface area contributed by atoms with Crippen LogP contribution in [0.2, 0.25) is 0 Å². The first kappa shape index (κ1) is 14.7. The second kappa shape index (κ2) is 6.32. The van der Waals surface area contributed by atoms with E-state index in [-0.39, 0.29) is 6.04 Å². The normalized spacial score (nSPS) is 12.5. The largest absolute Gasteiger partial charge is 0.346 e. The molecule has 24 heavy (non-hydrogen) atoms. The van der Waals surface area contributed by atoms with Gasteiger partial charge < -0.3 is 4.98 Å². The average molecular weight is 316 g/mol. The van der Waals surface area contributed by atoms with E-state index in [2.05, 4.69) is 75.3 Å². The first-order chi connectivity index (χ1) is 11.9. The van der Waals surface area contributed by atoms with Gasteiger partial charge in [0.1, 0.15) is 5.65 Å². The Morgan fingerprint density at radius 1 is 1.12 bits per heavy atom. The molecular weight excluding hydrogens is 296 g/mol. The highest BCUT2D eigenvalue weighted by Crippen LogP contribution is 2.29. The SMILES string of the molecule is CCC[C@@H](c1ccccc1)n1cc(-c2ccnc3[nH]ccc23)cn1. The first-order valence-electron chi connectivity index (χ1n) is 8.38. The van der Waals surface area contributed by atoms with Crippen LogP contribution in [0.5, 0.6) is 0 Å². The van der Waals surface area contributed by atoms with Crippen LogP contribution in [0, 0.1) is 0 Å². The van der Waals surface area contributed by atoms with Gasteiger partial charge in [-0.1, -0.05) is 43.7 Å². The first-order valence-corrected chi connectivity index (χ1v) is 8.38. The van der Waals surface area contributed by atoms with Crippen LogP contribution in [-0.4, -0.2) is 19.7 Å². The Balaban J connectivity index is 1.74. The lowest BCUT2D eigenvalue weighted by Gasteiger charge is -2.17. The Morgan fingerprint density at radius 2 is 2.00 bits per heavy atom. The van der Waals surface area contributed by atoms with Gasteiger partial charge in [-0.15, -0.1) is 0 Å². The molecule has 0 aliphatic carbocycles. The van der Waals surface area contributed by atoms with Crippen LogP contribution in [0.3, 0.4) is 0 Å². The molecule has 0 radical (unpaired) electrons. The Hall–Kier alpha value is -2.88. The molecule has 1 aromatic carbocycles. The minimum absolute atomic E-state index is 0.272. The number of nitrogens with one attached hydrogen (secondary N) is 1. The smallest absolute Gasteiger partial charge is 0.137 e. The van der Waals surface area contributed by atoms with Gasteiger partial charge in [0.05, 0.1) is 12.2 Å². The zero-order valence-electron chi connectivity index (χ0n) is 13.7. The minimum Gasteiger partial charge on any atom is -0.346 e. The van der Waals surface area contributed by atoms with Crippen molar-refractivity contribution in [3.05, 3.63) is 72.8 Å². The fraction of sp³-hybridized carbons (Fsp3) is 0.200. The van der Waals surface area contributed by atoms with Crippen molar-refractivity contribution in [3.63, 3.8) is 0 Å². The van der Waals surface area contributed by atoms with E-state index in [4.69, 9.17) is 0 Å². The van der Waals surface area contributed by atoms with Crippen LogP contribution >= 0.6 is 0 Å². The molecular formula is C20H20N4. The molecule has 1 N–H and O–H groups in total. The number of nitrogens with zero attached hydrogens (tertiary/aromatic N) is 3. The third-order valence-electron chi connectivity index (χ3n) is 4.44. The minimum atomic E-state index is 0.272. The van der Waals surface area contributed by atoms with Gasteiger partial charge in [-0.2, -0.15) is 5.10 Å². The van der Waals surface area contributed by atoms with Gasteiger partial charge in [0.2, 0.25) is 0 Å². The van der Waals surface area contributed by atoms with Gasteiger partial charge in [-0.3, -0.25) is 4.68 Å². The van der Waals surface area contributed by atoms with Crippen LogP contribution in [0.4, 0.5) is 0 Å². The predicted octanol–water partition coefficient (Wildman–Crippen LogP) is 4.82. The van der Waals surface area contributed by atoms with E-state index in [9.17, 15) is 0 Å². The number of aromatic amines is 1. The van der Waals surface area contributed by atoms with Crippen LogP contribution < -0.4 is 0 Å². The van der Waals surface area contributed by atoms with Crippen molar-refractivity contribution in [2.24, 2.45) is 0 Å². The summed E-state index contributed by atoms with van der Waals surface area (Å²) < 4.78 is 2.09. The van der Waals surface area contributed by atoms with E-state index in [0.29, 0.717) is 0 Å². The Kier molecular flexibility index (Phi) is 3.87. The molecule has 3 heterocycles. The van der Waals surface area contributed by atoms with Crippen LogP contribution in [0.1, 0.15) is 31.4 Å². The fourth-order valence-corrected chi connectivity index (χ4v) is 3.26. The van der Waals surface area contributed by atoms with E-state index in [1.165, 1.54) is 5.56 Å². The molecule has 0 aliphatic rings. The summed E-state index contributed by atoms with van der Waals surface area (Å²) in [5.41, 5.74) is 4.50. The van der Waals surface area contributed by atoms with Crippen molar-refractivity contribution in [1.29, 1.82) is 0 Å². The fourth-order valence-electron chi connectivity index (χ4n) is 3.26. The molecule has 120 valence electrons. The quantitative estimate of drug-likeness (QED) is 0.574. The van der Waals surface area contributed by atoms with E-state index in [0.717, 1.165) is 35.0 Å². The molecule has 4 aromatic rings. The number of H-pyrrole nitrogens is 1. The molecule has 1 atom stereocenters. The summed E-state index contributed by atoms with van der Waals surface area (Å²) in [4.78, 5) is 7.53. The van der Waals surface area contributed by atoms with Gasteiger partial charge in [-0.25, -0.2) is 4.98 Å². The highest BCUT2D eigenvalue weighted by atomic mass is 15.3. The molecule has 0 bridgehead atoms. The number of benzene rings is 1. The number of rotatable bonds is 5. The predicted molar refractivity (Wildman–Crippen MR) is 96.8 cm³/mol. The third kappa shape index (κ3) is 2.60. The number of fused-ring (bicyclic) bond motifs is 1. The van der Waals surface area contributed by atoms with Gasteiger partial charge in [0.15, 0.2) is 0 Å². The number of aromatic nitrogens is 4. The molecule has 4 rings (SSSR count). The summed E-state index contributed by atoms with van der Waals surface area (Å²) in [5, 5.41) is 5.79. The van der Waals surface area contributed by atoms with Crippen LogP contribution in [-0.2, 0) is 0 Å². The third-order valence-corrected chi connectivity index (χ3v) is 4.44. The van der Waals surface area contributed by atoms with Crippen molar-refractivity contribution in [3.8, 4) is 11.1 Å². The maximum atomic E-state index is 4.67. The number of hydrogen-bond donors (Lipinski definition) is 1. The van der Waals surface area contributed by atoms with Gasteiger partial charge in [-0.05, 0) is 29.7 Å². The van der Waals surface area contributed by atoms with Gasteiger partial charge >= 0.3 is 0 Å². The summed E-state index contributed by atoms with van der Waals surface area (Å²) in [7, 11) is 0. The second-order valence-corrected chi connectivity index (χ2v) is 6.02. The molecule has 0 unspecified atom stereocenters. The molecule has 4 heteroatoms. The summed E-state index contributed by atoms with van der Waals surface area (Å²) in [5.74, 6) is 0. The summed E-state index contributed by atoms with van der Waals surface area (Å²) >= 11 is 0. The lowest BCUT2D eigenvalue weighted by atomic mass is 10.0. The van der Waals surface area contributed by atoms with Crippen molar-refractivity contribution in [1.82, 2.24) is 19.7 Å². The Bertz CT molecular complexity index is 936. The Morgan fingerprint density at radius 3 is 2.83 bits per heavy atom. The van der Waals surface area contributed by atoms with Gasteiger partial charge in [0, 0.05) is 29.5 Å². The standard InChI is InChI=1S/C20H20N4/c1-2-6-19(15-7-4-3-5-8-15)24-14-16(13-23-24)17-9-11-21-20-18(17)10-12-22-20/h3-5,7-14,19H,2,6H2,1H3,(H,21,22)/t19-/m0/s1. The maximum Gasteiger partial charge on any atom is 0.137 e. The van der Waals surface area contributed by atoms with E-state index in [1.807, 2.05) is 18.6 Å². The molecule has 3 aromatic heterocycles. The van der Waals surface area contributed by atoms with E-state index in [1.54, 1.807) is 0 Å². The summed E-state index contributed by atoms with van der Waals surface area (Å²) in [6.07, 6.45) is 10.1. The Labute approximate surface area is 141 Å². The molecule has 0 spiro atoms. The summed E-state index contributed by atoms with van der Waals surface area (Å²) in [6.45, 7) is 2.21. The molecule has 0 saturated heterocycles. The van der Waals surface area contributed by atoms with E-state index >= 15 is 0 Å².